The molecule has 0 saturated carbocycles. The number of carbonyl (C=O) groups is 1. The van der Waals surface area contributed by atoms with Crippen LogP contribution in [0.2, 0.25) is 0 Å². The highest BCUT2D eigenvalue weighted by Crippen LogP contribution is 2.18. The van der Waals surface area contributed by atoms with Crippen LogP contribution in [-0.2, 0) is 11.2 Å². The van der Waals surface area contributed by atoms with Gasteiger partial charge in [-0.1, -0.05) is 39.0 Å². The molecule has 0 fully saturated rings. The van der Waals surface area contributed by atoms with Crippen molar-refractivity contribution in [1.82, 2.24) is 10.3 Å². The molecule has 0 aliphatic rings. The number of aromatic nitrogens is 1. The maximum absolute atomic E-state index is 12.1. The van der Waals surface area contributed by atoms with Crippen LogP contribution in [-0.4, -0.2) is 23.5 Å². The van der Waals surface area contributed by atoms with Crippen LogP contribution >= 0.6 is 0 Å². The van der Waals surface area contributed by atoms with Gasteiger partial charge in [-0.05, 0) is 29.9 Å². The first kappa shape index (κ1) is 15.6. The van der Waals surface area contributed by atoms with Crippen molar-refractivity contribution in [1.29, 1.82) is 0 Å². The van der Waals surface area contributed by atoms with Gasteiger partial charge in [-0.15, -0.1) is 0 Å². The number of rotatable bonds is 6. The third-order valence-corrected chi connectivity index (χ3v) is 4.19. The summed E-state index contributed by atoms with van der Waals surface area (Å²) in [5.41, 5.74) is 8.20. The van der Waals surface area contributed by atoms with E-state index in [4.69, 9.17) is 5.73 Å². The van der Waals surface area contributed by atoms with Crippen LogP contribution in [0.3, 0.4) is 0 Å². The fourth-order valence-corrected chi connectivity index (χ4v) is 2.26. The van der Waals surface area contributed by atoms with Crippen molar-refractivity contribution in [2.24, 2.45) is 17.6 Å². The predicted molar refractivity (Wildman–Crippen MR) is 87.0 cm³/mol. The lowest BCUT2D eigenvalue weighted by Crippen LogP contribution is -2.43. The number of aromatic amines is 1. The molecular weight excluding hydrogens is 262 g/mol. The maximum atomic E-state index is 12.1. The Morgan fingerprint density at radius 1 is 1.29 bits per heavy atom. The van der Waals surface area contributed by atoms with Crippen molar-refractivity contribution in [2.45, 2.75) is 33.2 Å². The van der Waals surface area contributed by atoms with Gasteiger partial charge in [0, 0.05) is 23.6 Å². The highest BCUT2D eigenvalue weighted by molar-refractivity contribution is 5.86. The molecule has 1 unspecified atom stereocenters. The molecular formula is C17H25N3O. The molecule has 1 aromatic heterocycles. The summed E-state index contributed by atoms with van der Waals surface area (Å²) in [5, 5.41) is 4.09. The van der Waals surface area contributed by atoms with Crippen molar-refractivity contribution in [3.05, 3.63) is 36.0 Å². The Balaban J connectivity index is 1.94. The number of nitrogens with one attached hydrogen (secondary N) is 2. The summed E-state index contributed by atoms with van der Waals surface area (Å²) in [6.07, 6.45) is 2.49. The van der Waals surface area contributed by atoms with Gasteiger partial charge in [-0.25, -0.2) is 0 Å². The molecule has 0 aliphatic carbocycles. The van der Waals surface area contributed by atoms with E-state index in [0.29, 0.717) is 24.8 Å². The average Bonchev–Trinajstić information content (AvgIpc) is 2.87. The normalized spacial score (nSPS) is 14.3. The van der Waals surface area contributed by atoms with Gasteiger partial charge in [-0.3, -0.25) is 4.79 Å². The number of hydrogen-bond donors (Lipinski definition) is 3. The van der Waals surface area contributed by atoms with E-state index in [1.165, 1.54) is 0 Å². The molecule has 4 N–H and O–H groups in total. The van der Waals surface area contributed by atoms with Crippen LogP contribution in [0, 0.1) is 11.8 Å². The largest absolute Gasteiger partial charge is 0.361 e. The lowest BCUT2D eigenvalue weighted by molar-refractivity contribution is -0.122. The molecule has 21 heavy (non-hydrogen) atoms. The molecule has 1 heterocycles. The van der Waals surface area contributed by atoms with Gasteiger partial charge >= 0.3 is 0 Å². The molecule has 0 spiro atoms. The first-order chi connectivity index (χ1) is 9.99. The van der Waals surface area contributed by atoms with Crippen LogP contribution in [0.1, 0.15) is 26.3 Å². The van der Waals surface area contributed by atoms with Gasteiger partial charge in [0.25, 0.3) is 0 Å². The van der Waals surface area contributed by atoms with Crippen LogP contribution in [0.15, 0.2) is 30.5 Å². The van der Waals surface area contributed by atoms with E-state index in [-0.39, 0.29) is 5.91 Å². The molecule has 0 aliphatic heterocycles. The van der Waals surface area contributed by atoms with Crippen LogP contribution in [0.5, 0.6) is 0 Å². The fourth-order valence-electron chi connectivity index (χ4n) is 2.26. The van der Waals surface area contributed by atoms with Crippen LogP contribution in [0.4, 0.5) is 0 Å². The highest BCUT2D eigenvalue weighted by atomic mass is 16.2. The summed E-state index contributed by atoms with van der Waals surface area (Å²) in [5.74, 6) is 0.928. The van der Waals surface area contributed by atoms with E-state index in [9.17, 15) is 4.79 Å². The number of hydrogen-bond acceptors (Lipinski definition) is 2. The lowest BCUT2D eigenvalue weighted by Gasteiger charge is -2.18. The maximum Gasteiger partial charge on any atom is 0.237 e. The zero-order valence-electron chi connectivity index (χ0n) is 13.0. The molecule has 4 heteroatoms. The molecule has 2 rings (SSSR count). The Morgan fingerprint density at radius 2 is 2.00 bits per heavy atom. The molecule has 2 atom stereocenters. The number of para-hydroxylation sites is 1. The molecule has 1 amide bonds. The van der Waals surface area contributed by atoms with Gasteiger partial charge in [-0.2, -0.15) is 0 Å². The second-order valence-electron chi connectivity index (χ2n) is 6.14. The summed E-state index contributed by atoms with van der Waals surface area (Å²) in [6, 6.07) is 7.54. The van der Waals surface area contributed by atoms with Crippen LogP contribution < -0.4 is 11.1 Å². The molecule has 0 bridgehead atoms. The zero-order valence-corrected chi connectivity index (χ0v) is 13.0. The topological polar surface area (TPSA) is 70.9 Å². The van der Waals surface area contributed by atoms with Gasteiger partial charge in [0.1, 0.15) is 0 Å². The van der Waals surface area contributed by atoms with E-state index in [1.54, 1.807) is 0 Å². The number of nitrogens with two attached hydrogens (primary N) is 1. The Bertz CT molecular complexity index is 603. The quantitative estimate of drug-likeness (QED) is 0.763. The molecule has 0 radical (unpaired) electrons. The molecule has 114 valence electrons. The first-order valence-electron chi connectivity index (χ1n) is 7.57. The van der Waals surface area contributed by atoms with Gasteiger partial charge in [0.2, 0.25) is 5.91 Å². The third-order valence-electron chi connectivity index (χ3n) is 4.19. The Kier molecular flexibility index (Phi) is 5.02. The molecule has 4 nitrogen and oxygen atoms in total. The number of carbonyl (C=O) groups excluding carboxylic acids is 1. The van der Waals surface area contributed by atoms with Gasteiger partial charge in [0.15, 0.2) is 0 Å². The standard InChI is InChI=1S/C17H25N3O/c1-11(2)12(3)9-20-17(21)15(18)8-13-10-19-16-7-5-4-6-14(13)16/h4-7,10-12,15,19H,8-9,18H2,1-3H3,(H,20,21)/t12?,15-/m1/s1. The van der Waals surface area contributed by atoms with E-state index in [1.807, 2.05) is 30.5 Å². The average molecular weight is 287 g/mol. The van der Waals surface area contributed by atoms with Crippen molar-refractivity contribution in [2.75, 3.05) is 6.54 Å². The summed E-state index contributed by atoms with van der Waals surface area (Å²) < 4.78 is 0. The second-order valence-corrected chi connectivity index (χ2v) is 6.14. The highest BCUT2D eigenvalue weighted by Gasteiger charge is 2.17. The Hall–Kier alpha value is -1.81. The first-order valence-corrected chi connectivity index (χ1v) is 7.57. The summed E-state index contributed by atoms with van der Waals surface area (Å²) in [4.78, 5) is 15.3. The molecule has 2 aromatic rings. The van der Waals surface area contributed by atoms with Crippen molar-refractivity contribution < 1.29 is 4.79 Å². The smallest absolute Gasteiger partial charge is 0.237 e. The fraction of sp³-hybridized carbons (Fsp3) is 0.471. The number of benzene rings is 1. The SMILES string of the molecule is CC(C)C(C)CNC(=O)[C@H](N)Cc1c[nH]c2ccccc12. The minimum Gasteiger partial charge on any atom is -0.361 e. The van der Waals surface area contributed by atoms with Gasteiger partial charge < -0.3 is 16.0 Å². The van der Waals surface area contributed by atoms with Gasteiger partial charge in [0.05, 0.1) is 6.04 Å². The summed E-state index contributed by atoms with van der Waals surface area (Å²) in [7, 11) is 0. The zero-order chi connectivity index (χ0) is 15.4. The minimum atomic E-state index is -0.511. The second kappa shape index (κ2) is 6.76. The number of H-pyrrole nitrogens is 1. The monoisotopic (exact) mass is 287 g/mol. The number of fused-ring (bicyclic) bond motifs is 1. The Labute approximate surface area is 126 Å². The van der Waals surface area contributed by atoms with Crippen LogP contribution in [0.25, 0.3) is 10.9 Å². The molecule has 0 saturated heterocycles. The van der Waals surface area contributed by atoms with Crippen molar-refractivity contribution in [3.8, 4) is 0 Å². The third kappa shape index (κ3) is 3.85. The van der Waals surface area contributed by atoms with Crippen molar-refractivity contribution in [3.63, 3.8) is 0 Å². The number of amides is 1. The Morgan fingerprint density at radius 3 is 2.71 bits per heavy atom. The van der Waals surface area contributed by atoms with E-state index in [0.717, 1.165) is 16.5 Å². The van der Waals surface area contributed by atoms with E-state index < -0.39 is 6.04 Å². The lowest BCUT2D eigenvalue weighted by atomic mass is 9.98. The summed E-state index contributed by atoms with van der Waals surface area (Å²) >= 11 is 0. The van der Waals surface area contributed by atoms with Crippen molar-refractivity contribution >= 4 is 16.8 Å². The summed E-state index contributed by atoms with van der Waals surface area (Å²) in [6.45, 7) is 7.12. The predicted octanol–water partition coefficient (Wildman–Crippen LogP) is 2.45. The molecule has 1 aromatic carbocycles. The van der Waals surface area contributed by atoms with E-state index in [2.05, 4.69) is 31.1 Å². The van der Waals surface area contributed by atoms with E-state index >= 15 is 0 Å². The minimum absolute atomic E-state index is 0.0761.